The van der Waals surface area contributed by atoms with Gasteiger partial charge in [-0.05, 0) is 27.2 Å². The fourth-order valence-corrected chi connectivity index (χ4v) is 3.01. The fraction of sp³-hybridized carbons (Fsp3) is 0.562. The first-order valence-corrected chi connectivity index (χ1v) is 8.79. The third kappa shape index (κ3) is 5.14. The normalized spacial score (nSPS) is 13.7. The first-order chi connectivity index (χ1) is 11.0. The first-order valence-electron chi connectivity index (χ1n) is 7.91. The summed E-state index contributed by atoms with van der Waals surface area (Å²) in [6.07, 6.45) is 2.79. The summed E-state index contributed by atoms with van der Waals surface area (Å²) in [7, 11) is 0. The lowest BCUT2D eigenvalue weighted by molar-refractivity contribution is -0.118. The van der Waals surface area contributed by atoms with Crippen LogP contribution in [-0.2, 0) is 4.79 Å². The van der Waals surface area contributed by atoms with E-state index in [2.05, 4.69) is 27.7 Å². The van der Waals surface area contributed by atoms with Crippen LogP contribution < -0.4 is 10.6 Å². The zero-order chi connectivity index (χ0) is 16.8. The van der Waals surface area contributed by atoms with E-state index in [1.807, 2.05) is 19.2 Å². The molecule has 2 atom stereocenters. The molecule has 0 bridgehead atoms. The van der Waals surface area contributed by atoms with Crippen LogP contribution in [0.25, 0.3) is 0 Å². The summed E-state index contributed by atoms with van der Waals surface area (Å²) >= 11 is 1.62. The molecule has 0 spiro atoms. The van der Waals surface area contributed by atoms with Crippen molar-refractivity contribution in [2.45, 2.75) is 59.0 Å². The number of nitrogens with zero attached hydrogens (tertiary/aromatic N) is 2. The Morgan fingerprint density at radius 1 is 1.43 bits per heavy atom. The molecule has 2 aromatic rings. The molecule has 0 saturated carbocycles. The largest absolute Gasteiger partial charge is 0.360 e. The van der Waals surface area contributed by atoms with Crippen LogP contribution in [0.2, 0.25) is 0 Å². The van der Waals surface area contributed by atoms with Gasteiger partial charge in [-0.2, -0.15) is 0 Å². The predicted octanol–water partition coefficient (Wildman–Crippen LogP) is 3.60. The molecule has 0 aromatic carbocycles. The number of thiazole rings is 1. The highest BCUT2D eigenvalue weighted by Crippen LogP contribution is 2.18. The van der Waals surface area contributed by atoms with Crippen LogP contribution in [0.1, 0.15) is 55.6 Å². The summed E-state index contributed by atoms with van der Waals surface area (Å²) in [5.74, 6) is 1.03. The maximum absolute atomic E-state index is 12.5. The Morgan fingerprint density at radius 2 is 2.22 bits per heavy atom. The van der Waals surface area contributed by atoms with E-state index in [-0.39, 0.29) is 18.0 Å². The van der Waals surface area contributed by atoms with Crippen molar-refractivity contribution >= 4 is 23.1 Å². The van der Waals surface area contributed by atoms with Gasteiger partial charge >= 0.3 is 0 Å². The average molecular weight is 336 g/mol. The lowest BCUT2D eigenvalue weighted by atomic mass is 10.1. The maximum atomic E-state index is 12.5. The molecular weight excluding hydrogens is 312 g/mol. The second kappa shape index (κ2) is 8.21. The van der Waals surface area contributed by atoms with Gasteiger partial charge in [-0.1, -0.05) is 24.9 Å². The highest BCUT2D eigenvalue weighted by atomic mass is 32.1. The van der Waals surface area contributed by atoms with E-state index in [4.69, 9.17) is 4.52 Å². The number of hydrogen-bond acceptors (Lipinski definition) is 6. The molecule has 6 nitrogen and oxygen atoms in total. The van der Waals surface area contributed by atoms with Crippen molar-refractivity contribution in [3.05, 3.63) is 27.9 Å². The van der Waals surface area contributed by atoms with Gasteiger partial charge in [0.2, 0.25) is 5.91 Å². The Bertz CT molecular complexity index is 638. The van der Waals surface area contributed by atoms with Crippen molar-refractivity contribution in [2.75, 3.05) is 5.32 Å². The van der Waals surface area contributed by atoms with Crippen LogP contribution in [0.3, 0.4) is 0 Å². The van der Waals surface area contributed by atoms with Crippen molar-refractivity contribution in [2.24, 2.45) is 0 Å². The Balaban J connectivity index is 2.01. The van der Waals surface area contributed by atoms with Gasteiger partial charge in [-0.15, -0.1) is 11.3 Å². The Hall–Kier alpha value is -1.73. The molecule has 0 aliphatic heterocycles. The van der Waals surface area contributed by atoms with Crippen molar-refractivity contribution < 1.29 is 9.32 Å². The van der Waals surface area contributed by atoms with E-state index in [0.29, 0.717) is 11.6 Å². The number of aryl methyl sites for hydroxylation is 2. The van der Waals surface area contributed by atoms with Gasteiger partial charge in [0.1, 0.15) is 5.76 Å². The van der Waals surface area contributed by atoms with E-state index in [1.54, 1.807) is 24.3 Å². The smallest absolute Gasteiger partial charge is 0.242 e. The lowest BCUT2D eigenvalue weighted by Gasteiger charge is -2.21. The van der Waals surface area contributed by atoms with Crippen molar-refractivity contribution in [3.8, 4) is 0 Å². The van der Waals surface area contributed by atoms with Crippen LogP contribution in [-0.4, -0.2) is 22.1 Å². The molecule has 0 aliphatic rings. The number of anilines is 1. The molecule has 2 rings (SSSR count). The second-order valence-corrected chi connectivity index (χ2v) is 6.75. The molecular formula is C16H24N4O2S. The molecule has 23 heavy (non-hydrogen) atoms. The highest BCUT2D eigenvalue weighted by molar-refractivity contribution is 7.09. The highest BCUT2D eigenvalue weighted by Gasteiger charge is 2.22. The minimum Gasteiger partial charge on any atom is -0.360 e. The molecule has 2 heterocycles. The number of carbonyl (C=O) groups is 1. The van der Waals surface area contributed by atoms with Crippen molar-refractivity contribution in [1.29, 1.82) is 0 Å². The molecule has 0 aliphatic carbocycles. The van der Waals surface area contributed by atoms with Gasteiger partial charge in [-0.3, -0.25) is 10.1 Å². The monoisotopic (exact) mass is 336 g/mol. The quantitative estimate of drug-likeness (QED) is 0.770. The van der Waals surface area contributed by atoms with Crippen LogP contribution >= 0.6 is 11.3 Å². The molecule has 2 aromatic heterocycles. The summed E-state index contributed by atoms with van der Waals surface area (Å²) < 4.78 is 4.99. The molecule has 2 N–H and O–H groups in total. The summed E-state index contributed by atoms with van der Waals surface area (Å²) in [4.78, 5) is 17.0. The van der Waals surface area contributed by atoms with E-state index in [9.17, 15) is 4.79 Å². The van der Waals surface area contributed by atoms with E-state index >= 15 is 0 Å². The standard InChI is InChI=1S/C16H24N4O2S/c1-5-6-7-13(16(21)19-15-8-10(2)22-20-15)17-11(3)14-9-23-12(4)18-14/h8-9,11,13,17H,5-7H2,1-4H3,(H,19,20,21)/t11-,13+/m1/s1. The minimum absolute atomic E-state index is 0.0200. The maximum Gasteiger partial charge on any atom is 0.242 e. The van der Waals surface area contributed by atoms with Crippen LogP contribution in [0.4, 0.5) is 5.82 Å². The topological polar surface area (TPSA) is 80.0 Å². The average Bonchev–Trinajstić information content (AvgIpc) is 3.11. The van der Waals surface area contributed by atoms with Gasteiger partial charge in [0.25, 0.3) is 0 Å². The molecule has 0 radical (unpaired) electrons. The Labute approximate surface area is 140 Å². The van der Waals surface area contributed by atoms with Gasteiger partial charge in [0.15, 0.2) is 5.82 Å². The number of carbonyl (C=O) groups excluding carboxylic acids is 1. The molecule has 1 amide bonds. The third-order valence-electron chi connectivity index (χ3n) is 3.57. The van der Waals surface area contributed by atoms with Crippen molar-refractivity contribution in [1.82, 2.24) is 15.5 Å². The molecule has 0 unspecified atom stereocenters. The number of aromatic nitrogens is 2. The number of hydrogen-bond donors (Lipinski definition) is 2. The Kier molecular flexibility index (Phi) is 6.29. The zero-order valence-corrected chi connectivity index (χ0v) is 14.9. The first kappa shape index (κ1) is 17.6. The van der Waals surface area contributed by atoms with Crippen LogP contribution in [0.15, 0.2) is 16.0 Å². The van der Waals surface area contributed by atoms with Crippen molar-refractivity contribution in [3.63, 3.8) is 0 Å². The second-order valence-electron chi connectivity index (χ2n) is 5.69. The SMILES string of the molecule is CCCC[C@H](N[C@H](C)c1csc(C)n1)C(=O)Nc1cc(C)on1. The number of unbranched alkanes of at least 4 members (excludes halogenated alkanes) is 1. The van der Waals surface area contributed by atoms with Gasteiger partial charge in [0, 0.05) is 17.5 Å². The predicted molar refractivity (Wildman–Crippen MR) is 91.6 cm³/mol. The van der Waals surface area contributed by atoms with Crippen LogP contribution in [0.5, 0.6) is 0 Å². The number of nitrogens with one attached hydrogen (secondary N) is 2. The molecule has 7 heteroatoms. The summed E-state index contributed by atoms with van der Waals surface area (Å²) in [6.45, 7) is 7.92. The number of rotatable bonds is 8. The summed E-state index contributed by atoms with van der Waals surface area (Å²) in [5.41, 5.74) is 0.971. The fourth-order valence-electron chi connectivity index (χ4n) is 2.30. The lowest BCUT2D eigenvalue weighted by Crippen LogP contribution is -2.42. The van der Waals surface area contributed by atoms with Gasteiger partial charge in [0.05, 0.1) is 16.7 Å². The molecule has 0 fully saturated rings. The zero-order valence-electron chi connectivity index (χ0n) is 14.0. The summed E-state index contributed by atoms with van der Waals surface area (Å²) in [6, 6.07) is 1.44. The van der Waals surface area contributed by atoms with E-state index in [0.717, 1.165) is 30.0 Å². The van der Waals surface area contributed by atoms with Gasteiger partial charge < -0.3 is 9.84 Å². The molecule has 126 valence electrons. The third-order valence-corrected chi connectivity index (χ3v) is 4.37. The Morgan fingerprint density at radius 3 is 2.78 bits per heavy atom. The van der Waals surface area contributed by atoms with E-state index < -0.39 is 0 Å². The van der Waals surface area contributed by atoms with Crippen LogP contribution in [0, 0.1) is 13.8 Å². The number of amides is 1. The molecule has 0 saturated heterocycles. The minimum atomic E-state index is -0.288. The summed E-state index contributed by atoms with van der Waals surface area (Å²) in [5, 5.41) is 13.1. The van der Waals surface area contributed by atoms with Gasteiger partial charge in [-0.25, -0.2) is 4.98 Å². The van der Waals surface area contributed by atoms with E-state index in [1.165, 1.54) is 0 Å².